The van der Waals surface area contributed by atoms with Crippen LogP contribution in [0.2, 0.25) is 0 Å². The zero-order chi connectivity index (χ0) is 13.9. The molecule has 0 radical (unpaired) electrons. The van der Waals surface area contributed by atoms with Gasteiger partial charge >= 0.3 is 0 Å². The van der Waals surface area contributed by atoms with Crippen LogP contribution in [0.25, 0.3) is 0 Å². The summed E-state index contributed by atoms with van der Waals surface area (Å²) in [5, 5.41) is 17.3. The second kappa shape index (κ2) is 10.3. The second-order valence-electron chi connectivity index (χ2n) is 4.97. The van der Waals surface area contributed by atoms with E-state index >= 15 is 0 Å². The van der Waals surface area contributed by atoms with E-state index in [2.05, 4.69) is 38.7 Å². The molecule has 2 bridgehead atoms. The summed E-state index contributed by atoms with van der Waals surface area (Å²) in [6, 6.07) is 4.47. The molecule has 20 heavy (non-hydrogen) atoms. The molecule has 0 saturated carbocycles. The maximum Gasteiger partial charge on any atom is 0.0300 e. The summed E-state index contributed by atoms with van der Waals surface area (Å²) in [4.78, 5) is 2.84. The monoisotopic (exact) mass is 297 g/mol. The molecule has 1 aliphatic heterocycles. The molecular formula is C14H27N5S. The molecule has 1 aromatic rings. The Labute approximate surface area is 125 Å². The molecule has 5 N–H and O–H groups in total. The Morgan fingerprint density at radius 1 is 0.550 bits per heavy atom. The first-order valence-electron chi connectivity index (χ1n) is 7.56. The maximum atomic E-state index is 3.48. The molecule has 114 valence electrons. The second-order valence-corrected chi connectivity index (χ2v) is 6.22. The summed E-state index contributed by atoms with van der Waals surface area (Å²) in [5.41, 5.74) is 0. The van der Waals surface area contributed by atoms with Crippen molar-refractivity contribution in [1.82, 2.24) is 26.6 Å². The minimum absolute atomic E-state index is 0.978. The topological polar surface area (TPSA) is 60.1 Å². The quantitative estimate of drug-likeness (QED) is 0.456. The highest BCUT2D eigenvalue weighted by Gasteiger charge is 2.00. The third-order valence-electron chi connectivity index (χ3n) is 3.23. The van der Waals surface area contributed by atoms with E-state index in [0.29, 0.717) is 0 Å². The van der Waals surface area contributed by atoms with E-state index in [1.54, 1.807) is 0 Å². The Morgan fingerprint density at radius 3 is 1.30 bits per heavy atom. The summed E-state index contributed by atoms with van der Waals surface area (Å²) in [7, 11) is 0. The van der Waals surface area contributed by atoms with Gasteiger partial charge in [-0.3, -0.25) is 0 Å². The first-order valence-corrected chi connectivity index (χ1v) is 8.38. The lowest BCUT2D eigenvalue weighted by atomic mass is 10.4. The summed E-state index contributed by atoms with van der Waals surface area (Å²) >= 11 is 1.90. The van der Waals surface area contributed by atoms with E-state index in [0.717, 1.165) is 65.4 Å². The molecule has 2 heterocycles. The minimum atomic E-state index is 0.978. The molecule has 2 rings (SSSR count). The van der Waals surface area contributed by atoms with Gasteiger partial charge in [0.15, 0.2) is 0 Å². The van der Waals surface area contributed by atoms with E-state index < -0.39 is 0 Å². The minimum Gasteiger partial charge on any atom is -0.314 e. The van der Waals surface area contributed by atoms with Crippen LogP contribution in [0.1, 0.15) is 9.75 Å². The van der Waals surface area contributed by atoms with E-state index in [9.17, 15) is 0 Å². The van der Waals surface area contributed by atoms with Crippen LogP contribution in [0.3, 0.4) is 0 Å². The van der Waals surface area contributed by atoms with E-state index in [-0.39, 0.29) is 0 Å². The summed E-state index contributed by atoms with van der Waals surface area (Å²) in [5.74, 6) is 0. The van der Waals surface area contributed by atoms with Crippen molar-refractivity contribution in [2.45, 2.75) is 13.1 Å². The molecule has 0 amide bonds. The third kappa shape index (κ3) is 6.78. The Hall–Kier alpha value is -0.500. The van der Waals surface area contributed by atoms with E-state index in [1.165, 1.54) is 9.75 Å². The van der Waals surface area contributed by atoms with Gasteiger partial charge < -0.3 is 26.6 Å². The molecule has 0 aliphatic carbocycles. The van der Waals surface area contributed by atoms with Gasteiger partial charge in [-0.05, 0) is 12.1 Å². The lowest BCUT2D eigenvalue weighted by molar-refractivity contribution is 0.558. The van der Waals surface area contributed by atoms with Gasteiger partial charge in [-0.1, -0.05) is 0 Å². The van der Waals surface area contributed by atoms with Crippen molar-refractivity contribution in [1.29, 1.82) is 0 Å². The van der Waals surface area contributed by atoms with Crippen molar-refractivity contribution in [2.75, 3.05) is 52.4 Å². The average molecular weight is 297 g/mol. The van der Waals surface area contributed by atoms with Gasteiger partial charge in [-0.25, -0.2) is 0 Å². The zero-order valence-electron chi connectivity index (χ0n) is 12.1. The van der Waals surface area contributed by atoms with Gasteiger partial charge in [0.2, 0.25) is 0 Å². The van der Waals surface area contributed by atoms with Crippen LogP contribution in [0.5, 0.6) is 0 Å². The molecule has 0 aromatic carbocycles. The number of nitrogens with one attached hydrogen (secondary N) is 5. The Balaban J connectivity index is 1.72. The molecule has 0 atom stereocenters. The van der Waals surface area contributed by atoms with Crippen molar-refractivity contribution in [3.63, 3.8) is 0 Å². The Morgan fingerprint density at radius 2 is 0.900 bits per heavy atom. The van der Waals surface area contributed by atoms with Gasteiger partial charge in [-0.2, -0.15) is 0 Å². The lowest BCUT2D eigenvalue weighted by Gasteiger charge is -2.09. The largest absolute Gasteiger partial charge is 0.314 e. The third-order valence-corrected chi connectivity index (χ3v) is 4.32. The van der Waals surface area contributed by atoms with Gasteiger partial charge in [0.05, 0.1) is 0 Å². The van der Waals surface area contributed by atoms with E-state index in [4.69, 9.17) is 0 Å². The van der Waals surface area contributed by atoms with Gasteiger partial charge in [-0.15, -0.1) is 11.3 Å². The lowest BCUT2D eigenvalue weighted by Crippen LogP contribution is -2.36. The molecular weight excluding hydrogens is 270 g/mol. The SMILES string of the molecule is c1cc2sc1CNCCNCCNCCNCCNC2. The predicted molar refractivity (Wildman–Crippen MR) is 86.3 cm³/mol. The Bertz CT molecular complexity index is 325. The van der Waals surface area contributed by atoms with Crippen molar-refractivity contribution < 1.29 is 0 Å². The van der Waals surface area contributed by atoms with Crippen LogP contribution in [-0.4, -0.2) is 52.4 Å². The van der Waals surface area contributed by atoms with Gasteiger partial charge in [0.1, 0.15) is 0 Å². The number of hydrogen-bond acceptors (Lipinski definition) is 6. The molecule has 0 saturated heterocycles. The fraction of sp³-hybridized carbons (Fsp3) is 0.714. The average Bonchev–Trinajstić information content (AvgIpc) is 2.90. The van der Waals surface area contributed by atoms with Crippen LogP contribution in [0.15, 0.2) is 12.1 Å². The molecule has 0 unspecified atom stereocenters. The van der Waals surface area contributed by atoms with Gasteiger partial charge in [0, 0.05) is 75.2 Å². The highest BCUT2D eigenvalue weighted by atomic mass is 32.1. The number of hydrogen-bond donors (Lipinski definition) is 5. The highest BCUT2D eigenvalue weighted by molar-refractivity contribution is 7.11. The summed E-state index contributed by atoms with van der Waals surface area (Å²) in [6.07, 6.45) is 0. The fourth-order valence-electron chi connectivity index (χ4n) is 2.12. The summed E-state index contributed by atoms with van der Waals surface area (Å²) < 4.78 is 0. The van der Waals surface area contributed by atoms with Crippen LogP contribution in [0, 0.1) is 0 Å². The Kier molecular flexibility index (Phi) is 8.15. The number of rotatable bonds is 0. The normalized spacial score (nSPS) is 21.0. The molecule has 5 nitrogen and oxygen atoms in total. The first kappa shape index (κ1) is 15.9. The number of thiophene rings is 1. The first-order chi connectivity index (χ1) is 9.95. The smallest absolute Gasteiger partial charge is 0.0300 e. The predicted octanol–water partition coefficient (Wildman–Crippen LogP) is -0.290. The van der Waals surface area contributed by atoms with Crippen LogP contribution >= 0.6 is 11.3 Å². The van der Waals surface area contributed by atoms with Crippen LogP contribution in [-0.2, 0) is 13.1 Å². The van der Waals surface area contributed by atoms with Crippen molar-refractivity contribution >= 4 is 11.3 Å². The van der Waals surface area contributed by atoms with E-state index in [1.807, 2.05) is 11.3 Å². The van der Waals surface area contributed by atoms with Gasteiger partial charge in [0.25, 0.3) is 0 Å². The zero-order valence-corrected chi connectivity index (χ0v) is 13.0. The summed E-state index contributed by atoms with van der Waals surface area (Å²) in [6.45, 7) is 10.2. The van der Waals surface area contributed by atoms with Crippen LogP contribution < -0.4 is 26.6 Å². The molecule has 1 aliphatic rings. The highest BCUT2D eigenvalue weighted by Crippen LogP contribution is 2.15. The van der Waals surface area contributed by atoms with Crippen molar-refractivity contribution in [3.05, 3.63) is 21.9 Å². The molecule has 1 aromatic heterocycles. The van der Waals surface area contributed by atoms with Crippen molar-refractivity contribution in [3.8, 4) is 0 Å². The maximum absolute atomic E-state index is 3.48. The molecule has 0 spiro atoms. The number of fused-ring (bicyclic) bond motifs is 2. The molecule has 0 fully saturated rings. The molecule has 6 heteroatoms. The van der Waals surface area contributed by atoms with Crippen molar-refractivity contribution in [2.24, 2.45) is 0 Å². The standard InChI is InChI=1S/C14H27N5S/c1-2-14-12-19-10-8-17-6-4-15-3-5-16-7-9-18-11-13(1)20-14/h1-2,15-19H,3-12H2. The van der Waals surface area contributed by atoms with Crippen LogP contribution in [0.4, 0.5) is 0 Å². The fourth-order valence-corrected chi connectivity index (χ4v) is 3.08.